The molecule has 0 radical (unpaired) electrons. The fourth-order valence-corrected chi connectivity index (χ4v) is 1.73. The number of hydrogen-bond donors (Lipinski definition) is 1. The van der Waals surface area contributed by atoms with Crippen LogP contribution in [0.5, 0.6) is 0 Å². The topological polar surface area (TPSA) is 41.6 Å². The lowest BCUT2D eigenvalue weighted by Gasteiger charge is -2.32. The lowest BCUT2D eigenvalue weighted by Crippen LogP contribution is -2.47. The number of ether oxygens (including phenoxy) is 1. The zero-order valence-electron chi connectivity index (χ0n) is 9.79. The van der Waals surface area contributed by atoms with Crippen molar-refractivity contribution in [2.45, 2.75) is 32.8 Å². The molecule has 0 aromatic carbocycles. The summed E-state index contributed by atoms with van der Waals surface area (Å²) in [6.45, 7) is 8.59. The highest BCUT2D eigenvalue weighted by Gasteiger charge is 2.19. The van der Waals surface area contributed by atoms with Crippen molar-refractivity contribution in [2.75, 3.05) is 32.8 Å². The molecule has 0 aromatic heterocycles. The molecule has 1 fully saturated rings. The van der Waals surface area contributed by atoms with Gasteiger partial charge in [0.15, 0.2) is 0 Å². The minimum Gasteiger partial charge on any atom is -0.374 e. The molecule has 1 aliphatic rings. The Bertz CT molecular complexity index is 197. The van der Waals surface area contributed by atoms with Gasteiger partial charge in [-0.3, -0.25) is 9.69 Å². The van der Waals surface area contributed by atoms with Crippen LogP contribution in [0.4, 0.5) is 0 Å². The van der Waals surface area contributed by atoms with Crippen molar-refractivity contribution in [3.8, 4) is 0 Å². The minimum atomic E-state index is 0.134. The third-order valence-corrected chi connectivity index (χ3v) is 2.67. The molecule has 0 spiro atoms. The molecular formula is C11H22N2O2. The highest BCUT2D eigenvalue weighted by molar-refractivity contribution is 5.75. The maximum Gasteiger partial charge on any atom is 0.220 e. The molecule has 0 bridgehead atoms. The SMILES string of the molecule is CCCC(=O)NCC1CN(CC)CCO1. The number of amides is 1. The molecular weight excluding hydrogens is 192 g/mol. The molecule has 0 saturated carbocycles. The van der Waals surface area contributed by atoms with Crippen molar-refractivity contribution in [2.24, 2.45) is 0 Å². The van der Waals surface area contributed by atoms with Crippen molar-refractivity contribution in [1.82, 2.24) is 10.2 Å². The number of nitrogens with zero attached hydrogens (tertiary/aromatic N) is 1. The number of carbonyl (C=O) groups is 1. The molecule has 1 saturated heterocycles. The van der Waals surface area contributed by atoms with E-state index >= 15 is 0 Å². The van der Waals surface area contributed by atoms with E-state index in [1.165, 1.54) is 0 Å². The minimum absolute atomic E-state index is 0.134. The van der Waals surface area contributed by atoms with E-state index in [2.05, 4.69) is 17.1 Å². The number of morpholine rings is 1. The molecule has 1 amide bonds. The van der Waals surface area contributed by atoms with E-state index in [9.17, 15) is 4.79 Å². The average molecular weight is 214 g/mol. The van der Waals surface area contributed by atoms with Crippen LogP contribution in [0.1, 0.15) is 26.7 Å². The Kier molecular flexibility index (Phi) is 5.65. The summed E-state index contributed by atoms with van der Waals surface area (Å²) >= 11 is 0. The van der Waals surface area contributed by atoms with Crippen LogP contribution < -0.4 is 5.32 Å². The number of carbonyl (C=O) groups excluding carboxylic acids is 1. The molecule has 1 unspecified atom stereocenters. The van der Waals surface area contributed by atoms with E-state index < -0.39 is 0 Å². The molecule has 0 aliphatic carbocycles. The number of hydrogen-bond acceptors (Lipinski definition) is 3. The largest absolute Gasteiger partial charge is 0.374 e. The number of nitrogens with one attached hydrogen (secondary N) is 1. The van der Waals surface area contributed by atoms with E-state index in [0.29, 0.717) is 13.0 Å². The van der Waals surface area contributed by atoms with Gasteiger partial charge in [-0.05, 0) is 13.0 Å². The zero-order valence-corrected chi connectivity index (χ0v) is 9.79. The maximum atomic E-state index is 11.3. The molecule has 88 valence electrons. The Morgan fingerprint density at radius 3 is 3.00 bits per heavy atom. The molecule has 4 nitrogen and oxygen atoms in total. The Morgan fingerprint density at radius 2 is 2.33 bits per heavy atom. The molecule has 4 heteroatoms. The van der Waals surface area contributed by atoms with Crippen molar-refractivity contribution in [1.29, 1.82) is 0 Å². The summed E-state index contributed by atoms with van der Waals surface area (Å²) in [5.74, 6) is 0.134. The van der Waals surface area contributed by atoms with Crippen molar-refractivity contribution < 1.29 is 9.53 Å². The van der Waals surface area contributed by atoms with Gasteiger partial charge in [0.05, 0.1) is 12.7 Å². The summed E-state index contributed by atoms with van der Waals surface area (Å²) in [5, 5.41) is 2.91. The van der Waals surface area contributed by atoms with Crippen LogP contribution in [0.2, 0.25) is 0 Å². The first-order chi connectivity index (χ1) is 7.26. The Balaban J connectivity index is 2.17. The lowest BCUT2D eigenvalue weighted by molar-refractivity contribution is -0.122. The van der Waals surface area contributed by atoms with Gasteiger partial charge in [0.25, 0.3) is 0 Å². The van der Waals surface area contributed by atoms with E-state index in [-0.39, 0.29) is 12.0 Å². The van der Waals surface area contributed by atoms with Crippen LogP contribution in [0, 0.1) is 0 Å². The molecule has 0 aromatic rings. The fourth-order valence-electron chi connectivity index (χ4n) is 1.73. The van der Waals surface area contributed by atoms with Crippen LogP contribution in [0.15, 0.2) is 0 Å². The summed E-state index contributed by atoms with van der Waals surface area (Å²) in [4.78, 5) is 13.6. The second-order valence-electron chi connectivity index (χ2n) is 3.94. The number of rotatable bonds is 5. The van der Waals surface area contributed by atoms with Gasteiger partial charge in [0.1, 0.15) is 0 Å². The maximum absolute atomic E-state index is 11.3. The Morgan fingerprint density at radius 1 is 1.53 bits per heavy atom. The smallest absolute Gasteiger partial charge is 0.220 e. The van der Waals surface area contributed by atoms with Gasteiger partial charge in [-0.1, -0.05) is 13.8 Å². The van der Waals surface area contributed by atoms with Crippen LogP contribution in [-0.2, 0) is 9.53 Å². The van der Waals surface area contributed by atoms with Gasteiger partial charge in [0, 0.05) is 26.1 Å². The Labute approximate surface area is 92.0 Å². The monoisotopic (exact) mass is 214 g/mol. The third kappa shape index (κ3) is 4.62. The van der Waals surface area contributed by atoms with Crippen molar-refractivity contribution in [3.05, 3.63) is 0 Å². The first-order valence-electron chi connectivity index (χ1n) is 5.87. The third-order valence-electron chi connectivity index (χ3n) is 2.67. The van der Waals surface area contributed by atoms with Crippen molar-refractivity contribution in [3.63, 3.8) is 0 Å². The Hall–Kier alpha value is -0.610. The van der Waals surface area contributed by atoms with Gasteiger partial charge in [-0.15, -0.1) is 0 Å². The number of likely N-dealkylation sites (N-methyl/N-ethyl adjacent to an activating group) is 1. The molecule has 1 atom stereocenters. The van der Waals surface area contributed by atoms with Crippen LogP contribution >= 0.6 is 0 Å². The first kappa shape index (κ1) is 12.5. The summed E-state index contributed by atoms with van der Waals surface area (Å²) in [6.07, 6.45) is 1.68. The first-order valence-corrected chi connectivity index (χ1v) is 5.87. The molecule has 1 N–H and O–H groups in total. The van der Waals surface area contributed by atoms with Gasteiger partial charge in [0.2, 0.25) is 5.91 Å². The van der Waals surface area contributed by atoms with Gasteiger partial charge < -0.3 is 10.1 Å². The second-order valence-corrected chi connectivity index (χ2v) is 3.94. The molecule has 1 aliphatic heterocycles. The highest BCUT2D eigenvalue weighted by Crippen LogP contribution is 2.03. The van der Waals surface area contributed by atoms with Crippen LogP contribution in [0.3, 0.4) is 0 Å². The van der Waals surface area contributed by atoms with Crippen LogP contribution in [-0.4, -0.2) is 49.7 Å². The normalized spacial score (nSPS) is 22.7. The molecule has 1 heterocycles. The van der Waals surface area contributed by atoms with Crippen molar-refractivity contribution >= 4 is 5.91 Å². The van der Waals surface area contributed by atoms with Gasteiger partial charge in [-0.2, -0.15) is 0 Å². The summed E-state index contributed by atoms with van der Waals surface area (Å²) in [7, 11) is 0. The van der Waals surface area contributed by atoms with E-state index in [1.54, 1.807) is 0 Å². The second kappa shape index (κ2) is 6.80. The average Bonchev–Trinajstić information content (AvgIpc) is 2.27. The van der Waals surface area contributed by atoms with E-state index in [4.69, 9.17) is 4.74 Å². The fraction of sp³-hybridized carbons (Fsp3) is 0.909. The summed E-state index contributed by atoms with van der Waals surface area (Å²) in [6, 6.07) is 0. The summed E-state index contributed by atoms with van der Waals surface area (Å²) < 4.78 is 5.58. The lowest BCUT2D eigenvalue weighted by atomic mass is 10.2. The van der Waals surface area contributed by atoms with Gasteiger partial charge in [-0.25, -0.2) is 0 Å². The van der Waals surface area contributed by atoms with Crippen LogP contribution in [0.25, 0.3) is 0 Å². The predicted octanol–water partition coefficient (Wildman–Crippen LogP) is 0.623. The quantitative estimate of drug-likeness (QED) is 0.729. The summed E-state index contributed by atoms with van der Waals surface area (Å²) in [5.41, 5.74) is 0. The standard InChI is InChI=1S/C11H22N2O2/c1-3-5-11(14)12-8-10-9-13(4-2)6-7-15-10/h10H,3-9H2,1-2H3,(H,12,14). The highest BCUT2D eigenvalue weighted by atomic mass is 16.5. The molecule has 1 rings (SSSR count). The van der Waals surface area contributed by atoms with E-state index in [1.807, 2.05) is 6.92 Å². The predicted molar refractivity (Wildman–Crippen MR) is 59.8 cm³/mol. The molecule has 15 heavy (non-hydrogen) atoms. The zero-order chi connectivity index (χ0) is 11.1. The van der Waals surface area contributed by atoms with E-state index in [0.717, 1.165) is 32.7 Å². The van der Waals surface area contributed by atoms with Gasteiger partial charge >= 0.3 is 0 Å².